The first-order valence-corrected chi connectivity index (χ1v) is 4.48. The minimum absolute atomic E-state index is 0.0825. The molecule has 0 N–H and O–H groups in total. The molecule has 0 fully saturated rings. The molecule has 0 saturated carbocycles. The fourth-order valence-electron chi connectivity index (χ4n) is 1.35. The van der Waals surface area contributed by atoms with E-state index in [9.17, 15) is 25.0 Å². The van der Waals surface area contributed by atoms with Crippen LogP contribution in [0.15, 0.2) is 24.8 Å². The summed E-state index contributed by atoms with van der Waals surface area (Å²) < 4.78 is 0. The molecule has 0 aliphatic heterocycles. The van der Waals surface area contributed by atoms with Crippen molar-refractivity contribution in [2.75, 3.05) is 0 Å². The van der Waals surface area contributed by atoms with Gasteiger partial charge in [0.2, 0.25) is 0 Å². The van der Waals surface area contributed by atoms with Gasteiger partial charge in [-0.2, -0.15) is 0 Å². The number of nitro benzene ring substituents is 2. The highest BCUT2D eigenvalue weighted by molar-refractivity contribution is 6.06. The van der Waals surface area contributed by atoms with Crippen LogP contribution in [-0.2, 0) is 0 Å². The minimum Gasteiger partial charge on any atom is -0.289 e. The summed E-state index contributed by atoms with van der Waals surface area (Å²) in [6.45, 7) is 4.60. The molecule has 1 aromatic rings. The minimum atomic E-state index is -0.785. The first kappa shape index (κ1) is 12.5. The van der Waals surface area contributed by atoms with Gasteiger partial charge in [-0.25, -0.2) is 0 Å². The number of nitrogens with zero attached hydrogens (tertiary/aromatic N) is 2. The summed E-state index contributed by atoms with van der Waals surface area (Å²) in [6.07, 6.45) is 0.954. The summed E-state index contributed by atoms with van der Waals surface area (Å²) in [5.74, 6) is -0.589. The molecular formula is C10H8N2O5. The Balaban J connectivity index is 3.59. The van der Waals surface area contributed by atoms with Crippen LogP contribution in [0.25, 0.3) is 0 Å². The number of rotatable bonds is 4. The molecule has 0 bridgehead atoms. The van der Waals surface area contributed by atoms with Crippen LogP contribution in [0.4, 0.5) is 11.4 Å². The van der Waals surface area contributed by atoms with E-state index in [1.165, 1.54) is 6.92 Å². The number of carbonyl (C=O) groups is 1. The lowest BCUT2D eigenvalue weighted by atomic mass is 10.0. The number of ketones is 1. The Morgan fingerprint density at radius 2 is 1.88 bits per heavy atom. The van der Waals surface area contributed by atoms with E-state index in [4.69, 9.17) is 0 Å². The summed E-state index contributed by atoms with van der Waals surface area (Å²) in [5.41, 5.74) is -0.941. The van der Waals surface area contributed by atoms with Crippen molar-refractivity contribution in [3.05, 3.63) is 56.1 Å². The summed E-state index contributed by atoms with van der Waals surface area (Å²) in [6, 6.07) is 1.83. The van der Waals surface area contributed by atoms with Gasteiger partial charge in [0.05, 0.1) is 15.9 Å². The van der Waals surface area contributed by atoms with Gasteiger partial charge in [-0.05, 0) is 13.0 Å². The van der Waals surface area contributed by atoms with Gasteiger partial charge in [0, 0.05) is 17.2 Å². The van der Waals surface area contributed by atoms with Gasteiger partial charge < -0.3 is 0 Å². The van der Waals surface area contributed by atoms with E-state index in [1.807, 2.05) is 0 Å². The molecule has 88 valence electrons. The number of nitro groups is 2. The topological polar surface area (TPSA) is 103 Å². The van der Waals surface area contributed by atoms with Crippen LogP contribution >= 0.6 is 0 Å². The van der Waals surface area contributed by atoms with Crippen LogP contribution < -0.4 is 0 Å². The average Bonchev–Trinajstić information content (AvgIpc) is 2.27. The zero-order valence-electron chi connectivity index (χ0n) is 8.87. The Hall–Kier alpha value is -2.57. The third kappa shape index (κ3) is 2.33. The van der Waals surface area contributed by atoms with Gasteiger partial charge in [0.1, 0.15) is 0 Å². The van der Waals surface area contributed by atoms with Crippen LogP contribution in [0.1, 0.15) is 15.9 Å². The summed E-state index contributed by atoms with van der Waals surface area (Å²) in [7, 11) is 0. The fraction of sp³-hybridized carbons (Fsp3) is 0.100. The monoisotopic (exact) mass is 236 g/mol. The summed E-state index contributed by atoms with van der Waals surface area (Å²) in [4.78, 5) is 31.2. The number of hydrogen-bond donors (Lipinski definition) is 0. The number of carbonyl (C=O) groups excluding carboxylic acids is 1. The molecule has 1 rings (SSSR count). The third-order valence-electron chi connectivity index (χ3n) is 2.22. The molecule has 0 aliphatic carbocycles. The smallest absolute Gasteiger partial charge is 0.279 e. The molecule has 0 amide bonds. The van der Waals surface area contributed by atoms with Crippen LogP contribution in [0.3, 0.4) is 0 Å². The zero-order valence-corrected chi connectivity index (χ0v) is 8.87. The lowest BCUT2D eigenvalue weighted by Crippen LogP contribution is -2.03. The predicted molar refractivity (Wildman–Crippen MR) is 59.0 cm³/mol. The van der Waals surface area contributed by atoms with E-state index in [-0.39, 0.29) is 11.1 Å². The van der Waals surface area contributed by atoms with Crippen molar-refractivity contribution >= 4 is 17.2 Å². The van der Waals surface area contributed by atoms with Crippen LogP contribution in [0, 0.1) is 27.2 Å². The van der Waals surface area contributed by atoms with E-state index in [2.05, 4.69) is 6.58 Å². The highest BCUT2D eigenvalue weighted by Crippen LogP contribution is 2.28. The maximum absolute atomic E-state index is 11.4. The number of benzene rings is 1. The Bertz CT molecular complexity index is 536. The molecule has 1 aromatic carbocycles. The first-order valence-electron chi connectivity index (χ1n) is 4.48. The maximum atomic E-state index is 11.4. The van der Waals surface area contributed by atoms with Gasteiger partial charge in [0.15, 0.2) is 5.78 Å². The Labute approximate surface area is 95.7 Å². The molecule has 0 heterocycles. The number of allylic oxidation sites excluding steroid dienone is 1. The third-order valence-corrected chi connectivity index (χ3v) is 2.22. The average molecular weight is 236 g/mol. The highest BCUT2D eigenvalue weighted by atomic mass is 16.6. The Morgan fingerprint density at radius 1 is 1.29 bits per heavy atom. The van der Waals surface area contributed by atoms with E-state index in [0.717, 1.165) is 18.2 Å². The van der Waals surface area contributed by atoms with E-state index in [1.54, 1.807) is 0 Å². The quantitative estimate of drug-likeness (QED) is 0.345. The van der Waals surface area contributed by atoms with Crippen molar-refractivity contribution in [3.63, 3.8) is 0 Å². The largest absolute Gasteiger partial charge is 0.289 e. The zero-order chi connectivity index (χ0) is 13.2. The van der Waals surface area contributed by atoms with Crippen molar-refractivity contribution in [2.24, 2.45) is 0 Å². The second kappa shape index (κ2) is 4.52. The van der Waals surface area contributed by atoms with Crippen LogP contribution in [-0.4, -0.2) is 15.6 Å². The normalized spacial score (nSPS) is 9.71. The van der Waals surface area contributed by atoms with Gasteiger partial charge in [-0.3, -0.25) is 25.0 Å². The number of hydrogen-bond acceptors (Lipinski definition) is 5. The van der Waals surface area contributed by atoms with Crippen molar-refractivity contribution in [1.29, 1.82) is 0 Å². The van der Waals surface area contributed by atoms with Crippen molar-refractivity contribution in [2.45, 2.75) is 6.92 Å². The van der Waals surface area contributed by atoms with E-state index < -0.39 is 27.0 Å². The first-order chi connectivity index (χ1) is 7.88. The SMILES string of the molecule is C=CC(=O)c1cc([N+](=O)[O-])cc([N+](=O)[O-])c1C. The lowest BCUT2D eigenvalue weighted by molar-refractivity contribution is -0.394. The predicted octanol–water partition coefficient (Wildman–Crippen LogP) is 2.18. The van der Waals surface area contributed by atoms with Gasteiger partial charge in [0.25, 0.3) is 11.4 Å². The fourth-order valence-corrected chi connectivity index (χ4v) is 1.35. The molecule has 0 aromatic heterocycles. The Kier molecular flexibility index (Phi) is 3.32. The van der Waals surface area contributed by atoms with Gasteiger partial charge in [-0.15, -0.1) is 0 Å². The van der Waals surface area contributed by atoms with E-state index >= 15 is 0 Å². The van der Waals surface area contributed by atoms with Crippen molar-refractivity contribution in [1.82, 2.24) is 0 Å². The van der Waals surface area contributed by atoms with Crippen molar-refractivity contribution < 1.29 is 14.6 Å². The summed E-state index contributed by atoms with van der Waals surface area (Å²) in [5, 5.41) is 21.3. The molecule has 0 aliphatic rings. The lowest BCUT2D eigenvalue weighted by Gasteiger charge is -2.03. The molecule has 0 atom stereocenters. The van der Waals surface area contributed by atoms with E-state index in [0.29, 0.717) is 0 Å². The highest BCUT2D eigenvalue weighted by Gasteiger charge is 2.23. The molecule has 0 radical (unpaired) electrons. The molecule has 17 heavy (non-hydrogen) atoms. The van der Waals surface area contributed by atoms with Crippen LogP contribution in [0.2, 0.25) is 0 Å². The van der Waals surface area contributed by atoms with Crippen molar-refractivity contribution in [3.8, 4) is 0 Å². The second-order valence-corrected chi connectivity index (χ2v) is 3.22. The van der Waals surface area contributed by atoms with Crippen LogP contribution in [0.5, 0.6) is 0 Å². The molecule has 7 heteroatoms. The second-order valence-electron chi connectivity index (χ2n) is 3.22. The molecular weight excluding hydrogens is 228 g/mol. The molecule has 0 unspecified atom stereocenters. The number of non-ortho nitro benzene ring substituents is 1. The molecule has 7 nitrogen and oxygen atoms in total. The van der Waals surface area contributed by atoms with Gasteiger partial charge >= 0.3 is 0 Å². The molecule has 0 saturated heterocycles. The molecule has 0 spiro atoms. The maximum Gasteiger partial charge on any atom is 0.279 e. The summed E-state index contributed by atoms with van der Waals surface area (Å²) >= 11 is 0. The van der Waals surface area contributed by atoms with Gasteiger partial charge in [-0.1, -0.05) is 6.58 Å². The Morgan fingerprint density at radius 3 is 2.29 bits per heavy atom. The standard InChI is InChI=1S/C10H8N2O5/c1-3-10(13)8-4-7(11(14)15)5-9(6(8)2)12(16)17/h3-5H,1H2,2H3.